The third-order valence-electron chi connectivity index (χ3n) is 5.79. The molecule has 0 radical (unpaired) electrons. The summed E-state index contributed by atoms with van der Waals surface area (Å²) in [6, 6.07) is 19.1. The van der Waals surface area contributed by atoms with Crippen LogP contribution in [0.25, 0.3) is 10.8 Å². The molecule has 0 saturated carbocycles. The molecule has 1 aliphatic rings. The maximum absolute atomic E-state index is 13.2. The van der Waals surface area contributed by atoms with Gasteiger partial charge >= 0.3 is 0 Å². The summed E-state index contributed by atoms with van der Waals surface area (Å²) >= 11 is 0. The average molecular weight is 411 g/mol. The van der Waals surface area contributed by atoms with Crippen molar-refractivity contribution in [2.75, 3.05) is 39.4 Å². The number of rotatable bonds is 9. The highest BCUT2D eigenvalue weighted by atomic mass is 19.1. The summed E-state index contributed by atoms with van der Waals surface area (Å²) < 4.78 is 24.8. The minimum absolute atomic E-state index is 0.223. The zero-order valence-corrected chi connectivity index (χ0v) is 17.4. The summed E-state index contributed by atoms with van der Waals surface area (Å²) in [4.78, 5) is 1.66. The molecule has 1 saturated heterocycles. The minimum Gasteiger partial charge on any atom is -0.488 e. The summed E-state index contributed by atoms with van der Waals surface area (Å²) in [5, 5.41) is 4.85. The fraction of sp³-hybridized carbons (Fsp3) is 0.360. The zero-order chi connectivity index (χ0) is 20.6. The molecular weight excluding hydrogens is 379 g/mol. The Morgan fingerprint density at radius 2 is 1.77 bits per heavy atom. The number of ether oxygens (including phenoxy) is 2. The van der Waals surface area contributed by atoms with Gasteiger partial charge in [-0.25, -0.2) is 4.39 Å². The van der Waals surface area contributed by atoms with Crippen molar-refractivity contribution in [1.29, 1.82) is 0 Å². The van der Waals surface area contributed by atoms with Gasteiger partial charge in [0, 0.05) is 6.42 Å². The summed E-state index contributed by atoms with van der Waals surface area (Å²) in [7, 11) is 0. The van der Waals surface area contributed by atoms with E-state index in [1.807, 2.05) is 0 Å². The third kappa shape index (κ3) is 5.57. The van der Waals surface area contributed by atoms with E-state index in [1.165, 1.54) is 41.4 Å². The van der Waals surface area contributed by atoms with E-state index in [4.69, 9.17) is 9.47 Å². The summed E-state index contributed by atoms with van der Waals surface area (Å²) in [5.74, 6) is 0.687. The van der Waals surface area contributed by atoms with Crippen molar-refractivity contribution in [1.82, 2.24) is 0 Å². The number of hydrogen-bond acceptors (Lipinski definition) is 2. The molecular formula is C25H31FN2O2+2. The average Bonchev–Trinajstić information content (AvgIpc) is 2.79. The van der Waals surface area contributed by atoms with Gasteiger partial charge in [0.25, 0.3) is 0 Å². The Labute approximate surface area is 177 Å². The van der Waals surface area contributed by atoms with Gasteiger partial charge in [-0.15, -0.1) is 0 Å². The van der Waals surface area contributed by atoms with Gasteiger partial charge in [-0.2, -0.15) is 0 Å². The van der Waals surface area contributed by atoms with Crippen LogP contribution in [0.5, 0.6) is 5.75 Å². The topological polar surface area (TPSA) is 39.5 Å². The van der Waals surface area contributed by atoms with E-state index in [2.05, 4.69) is 41.7 Å². The van der Waals surface area contributed by atoms with Gasteiger partial charge < -0.3 is 19.7 Å². The second kappa shape index (κ2) is 10.5. The highest BCUT2D eigenvalue weighted by Crippen LogP contribution is 2.28. The highest BCUT2D eigenvalue weighted by Gasteiger charge is 2.14. The molecule has 4 rings (SSSR count). The molecule has 0 aromatic heterocycles. The van der Waals surface area contributed by atoms with E-state index in [1.54, 1.807) is 17.0 Å². The van der Waals surface area contributed by atoms with Crippen molar-refractivity contribution in [3.63, 3.8) is 0 Å². The van der Waals surface area contributed by atoms with Crippen LogP contribution in [0, 0.1) is 5.82 Å². The van der Waals surface area contributed by atoms with Gasteiger partial charge in [-0.05, 0) is 34.5 Å². The lowest BCUT2D eigenvalue weighted by molar-refractivity contribution is -0.909. The third-order valence-corrected chi connectivity index (χ3v) is 5.79. The molecule has 3 aromatic rings. The second-order valence-electron chi connectivity index (χ2n) is 7.93. The van der Waals surface area contributed by atoms with E-state index in [-0.39, 0.29) is 5.82 Å². The lowest BCUT2D eigenvalue weighted by Crippen LogP contribution is -3.14. The van der Waals surface area contributed by atoms with Crippen molar-refractivity contribution in [3.8, 4) is 5.75 Å². The Morgan fingerprint density at radius 1 is 0.967 bits per heavy atom. The molecule has 1 fully saturated rings. The predicted octanol–water partition coefficient (Wildman–Crippen LogP) is 1.93. The normalized spacial score (nSPS) is 14.8. The fourth-order valence-corrected chi connectivity index (χ4v) is 4.06. The van der Waals surface area contributed by atoms with Crippen molar-refractivity contribution < 1.29 is 24.1 Å². The molecule has 4 nitrogen and oxygen atoms in total. The number of nitrogens with one attached hydrogen (secondary N) is 1. The molecule has 0 spiro atoms. The SMILES string of the molecule is Fc1ccc(COc2ccc3ccccc3c2C[NH2+]CCC[NH+]2CCOCC2)cc1. The largest absolute Gasteiger partial charge is 0.488 e. The van der Waals surface area contributed by atoms with Crippen LogP contribution in [0.3, 0.4) is 0 Å². The van der Waals surface area contributed by atoms with Crippen LogP contribution < -0.4 is 15.0 Å². The monoisotopic (exact) mass is 410 g/mol. The standard InChI is InChI=1S/C25H29FN2O2/c26-22-9-6-20(7-10-22)19-30-25-11-8-21-4-1-2-5-23(21)24(25)18-27-12-3-13-28-14-16-29-17-15-28/h1-2,4-11,27H,3,12-19H2/p+2. The zero-order valence-electron chi connectivity index (χ0n) is 17.4. The highest BCUT2D eigenvalue weighted by molar-refractivity contribution is 5.87. The van der Waals surface area contributed by atoms with E-state index < -0.39 is 0 Å². The van der Waals surface area contributed by atoms with Crippen LogP contribution in [0.4, 0.5) is 4.39 Å². The molecule has 158 valence electrons. The molecule has 1 heterocycles. The Balaban J connectivity index is 1.39. The Kier molecular flexibility index (Phi) is 7.29. The second-order valence-corrected chi connectivity index (χ2v) is 7.93. The molecule has 3 N–H and O–H groups in total. The maximum Gasteiger partial charge on any atom is 0.129 e. The molecule has 0 unspecified atom stereocenters. The van der Waals surface area contributed by atoms with E-state index in [9.17, 15) is 4.39 Å². The number of halogens is 1. The smallest absolute Gasteiger partial charge is 0.129 e. The summed E-state index contributed by atoms with van der Waals surface area (Å²) in [6.07, 6.45) is 1.20. The van der Waals surface area contributed by atoms with Crippen molar-refractivity contribution >= 4 is 10.8 Å². The van der Waals surface area contributed by atoms with Crippen LogP contribution in [-0.2, 0) is 17.9 Å². The first-order valence-electron chi connectivity index (χ1n) is 10.9. The number of fused-ring (bicyclic) bond motifs is 1. The van der Waals surface area contributed by atoms with Gasteiger partial charge in [-0.3, -0.25) is 0 Å². The first-order chi connectivity index (χ1) is 14.8. The van der Waals surface area contributed by atoms with Crippen LogP contribution in [0.1, 0.15) is 17.5 Å². The molecule has 0 amide bonds. The molecule has 0 bridgehead atoms. The van der Waals surface area contributed by atoms with Crippen molar-refractivity contribution in [3.05, 3.63) is 77.6 Å². The van der Waals surface area contributed by atoms with E-state index in [0.29, 0.717) is 6.61 Å². The van der Waals surface area contributed by atoms with Gasteiger partial charge in [0.2, 0.25) is 0 Å². The van der Waals surface area contributed by atoms with Crippen LogP contribution in [0.2, 0.25) is 0 Å². The predicted molar refractivity (Wildman–Crippen MR) is 116 cm³/mol. The molecule has 5 heteroatoms. The number of benzene rings is 3. The van der Waals surface area contributed by atoms with Crippen LogP contribution >= 0.6 is 0 Å². The molecule has 1 aliphatic heterocycles. The fourth-order valence-electron chi connectivity index (χ4n) is 4.06. The van der Waals surface area contributed by atoms with Crippen molar-refractivity contribution in [2.24, 2.45) is 0 Å². The number of morpholine rings is 1. The lowest BCUT2D eigenvalue weighted by Gasteiger charge is -2.23. The molecule has 0 atom stereocenters. The van der Waals surface area contributed by atoms with Gasteiger partial charge in [0.15, 0.2) is 0 Å². The number of quaternary nitrogens is 2. The Bertz CT molecular complexity index is 940. The number of nitrogens with two attached hydrogens (primary N) is 1. The summed E-state index contributed by atoms with van der Waals surface area (Å²) in [5.41, 5.74) is 2.20. The van der Waals surface area contributed by atoms with Gasteiger partial charge in [0.05, 0.1) is 31.9 Å². The Morgan fingerprint density at radius 3 is 2.60 bits per heavy atom. The Hall–Kier alpha value is -2.47. The van der Waals surface area contributed by atoms with Crippen molar-refractivity contribution in [2.45, 2.75) is 19.6 Å². The van der Waals surface area contributed by atoms with Gasteiger partial charge in [0.1, 0.15) is 37.8 Å². The van der Waals surface area contributed by atoms with Crippen LogP contribution in [0.15, 0.2) is 60.7 Å². The van der Waals surface area contributed by atoms with E-state index >= 15 is 0 Å². The quantitative estimate of drug-likeness (QED) is 0.529. The number of hydrogen-bond donors (Lipinski definition) is 2. The minimum atomic E-state index is -0.223. The van der Waals surface area contributed by atoms with Gasteiger partial charge in [-0.1, -0.05) is 42.5 Å². The lowest BCUT2D eigenvalue weighted by atomic mass is 10.0. The maximum atomic E-state index is 13.2. The molecule has 3 aromatic carbocycles. The van der Waals surface area contributed by atoms with Crippen LogP contribution in [-0.4, -0.2) is 39.4 Å². The molecule has 30 heavy (non-hydrogen) atoms. The van der Waals surface area contributed by atoms with E-state index in [0.717, 1.165) is 50.7 Å². The first-order valence-corrected chi connectivity index (χ1v) is 10.9. The molecule has 0 aliphatic carbocycles. The first kappa shape index (κ1) is 20.8. The summed E-state index contributed by atoms with van der Waals surface area (Å²) in [6.45, 7) is 7.68.